The molecular weight excluding hydrogens is 257 g/mol. The van der Waals surface area contributed by atoms with Crippen molar-refractivity contribution in [3.8, 4) is 22.8 Å². The van der Waals surface area contributed by atoms with Gasteiger partial charge in [0.05, 0.1) is 7.11 Å². The number of ether oxygens (including phenoxy) is 1. The van der Waals surface area contributed by atoms with Crippen LogP contribution in [0.5, 0.6) is 5.75 Å². The van der Waals surface area contributed by atoms with Crippen LogP contribution in [0.1, 0.15) is 0 Å². The minimum absolute atomic E-state index is 0.185. The number of aromatic nitrogens is 3. The molecule has 100 valence electrons. The van der Waals surface area contributed by atoms with E-state index in [-0.39, 0.29) is 5.75 Å². The normalized spacial score (nSPS) is 10.5. The van der Waals surface area contributed by atoms with Crippen LogP contribution in [0.2, 0.25) is 0 Å². The van der Waals surface area contributed by atoms with Gasteiger partial charge in [0.2, 0.25) is 0 Å². The molecule has 0 spiro atoms. The van der Waals surface area contributed by atoms with E-state index in [1.54, 1.807) is 18.5 Å². The molecule has 0 amide bonds. The van der Waals surface area contributed by atoms with E-state index in [0.717, 1.165) is 11.3 Å². The van der Waals surface area contributed by atoms with Gasteiger partial charge in [0, 0.05) is 11.3 Å². The fourth-order valence-electron chi connectivity index (χ4n) is 2.01. The molecule has 4 nitrogen and oxygen atoms in total. The van der Waals surface area contributed by atoms with Crippen LogP contribution in [0.25, 0.3) is 17.1 Å². The molecule has 0 radical (unpaired) electrons. The smallest absolute Gasteiger partial charge is 0.168 e. The molecule has 0 N–H and O–H groups in total. The summed E-state index contributed by atoms with van der Waals surface area (Å²) in [7, 11) is 1.43. The average molecular weight is 269 g/mol. The van der Waals surface area contributed by atoms with Crippen LogP contribution in [-0.4, -0.2) is 21.9 Å². The zero-order valence-corrected chi connectivity index (χ0v) is 10.8. The standard InChI is InChI=1S/C15H12FN3O/c1-20-14-9-11(7-8-13(14)16)15-18-17-10-19(15)12-5-3-2-4-6-12/h2-10H,1H3. The highest BCUT2D eigenvalue weighted by Crippen LogP contribution is 2.26. The Morgan fingerprint density at radius 3 is 2.65 bits per heavy atom. The lowest BCUT2D eigenvalue weighted by molar-refractivity contribution is 0.386. The van der Waals surface area contributed by atoms with Crippen molar-refractivity contribution in [2.45, 2.75) is 0 Å². The van der Waals surface area contributed by atoms with Gasteiger partial charge < -0.3 is 4.74 Å². The summed E-state index contributed by atoms with van der Waals surface area (Å²) >= 11 is 0. The third-order valence-electron chi connectivity index (χ3n) is 2.99. The van der Waals surface area contributed by atoms with Crippen molar-refractivity contribution in [1.82, 2.24) is 14.8 Å². The summed E-state index contributed by atoms with van der Waals surface area (Å²) in [6.07, 6.45) is 1.63. The number of rotatable bonds is 3. The van der Waals surface area contributed by atoms with Crippen molar-refractivity contribution in [3.63, 3.8) is 0 Å². The highest BCUT2D eigenvalue weighted by atomic mass is 19.1. The lowest BCUT2D eigenvalue weighted by Gasteiger charge is -2.08. The first-order chi connectivity index (χ1) is 9.79. The third kappa shape index (κ3) is 2.14. The van der Waals surface area contributed by atoms with Crippen molar-refractivity contribution in [3.05, 3.63) is 60.7 Å². The Kier molecular flexibility index (Phi) is 3.16. The van der Waals surface area contributed by atoms with Crippen LogP contribution in [0.4, 0.5) is 4.39 Å². The molecule has 2 aromatic carbocycles. The first kappa shape index (κ1) is 12.3. The Morgan fingerprint density at radius 1 is 1.10 bits per heavy atom. The lowest BCUT2D eigenvalue weighted by atomic mass is 10.2. The molecule has 0 fully saturated rings. The number of hydrogen-bond donors (Lipinski definition) is 0. The van der Waals surface area contributed by atoms with Crippen LogP contribution in [-0.2, 0) is 0 Å². The molecule has 0 saturated carbocycles. The fraction of sp³-hybridized carbons (Fsp3) is 0.0667. The van der Waals surface area contributed by atoms with E-state index in [1.165, 1.54) is 13.2 Å². The predicted octanol–water partition coefficient (Wildman–Crippen LogP) is 3.08. The van der Waals surface area contributed by atoms with Gasteiger partial charge in [-0.15, -0.1) is 10.2 Å². The van der Waals surface area contributed by atoms with Gasteiger partial charge in [0.25, 0.3) is 0 Å². The number of nitrogens with zero attached hydrogens (tertiary/aromatic N) is 3. The molecule has 0 aliphatic rings. The maximum absolute atomic E-state index is 13.5. The second kappa shape index (κ2) is 5.13. The van der Waals surface area contributed by atoms with Gasteiger partial charge in [-0.2, -0.15) is 0 Å². The molecule has 3 aromatic rings. The van der Waals surface area contributed by atoms with E-state index in [2.05, 4.69) is 10.2 Å². The summed E-state index contributed by atoms with van der Waals surface area (Å²) in [6, 6.07) is 14.3. The van der Waals surface area contributed by atoms with Crippen LogP contribution >= 0.6 is 0 Å². The van der Waals surface area contributed by atoms with Crippen LogP contribution < -0.4 is 4.74 Å². The van der Waals surface area contributed by atoms with Gasteiger partial charge in [0.15, 0.2) is 17.4 Å². The van der Waals surface area contributed by atoms with E-state index in [4.69, 9.17) is 4.74 Å². The zero-order valence-electron chi connectivity index (χ0n) is 10.8. The molecule has 20 heavy (non-hydrogen) atoms. The molecule has 1 heterocycles. The van der Waals surface area contributed by atoms with Gasteiger partial charge in [-0.05, 0) is 30.3 Å². The highest BCUT2D eigenvalue weighted by molar-refractivity contribution is 5.60. The lowest BCUT2D eigenvalue weighted by Crippen LogP contribution is -1.97. The van der Waals surface area contributed by atoms with Crippen LogP contribution in [0, 0.1) is 5.82 Å². The number of hydrogen-bond acceptors (Lipinski definition) is 3. The third-order valence-corrected chi connectivity index (χ3v) is 2.99. The second-order valence-corrected chi connectivity index (χ2v) is 4.21. The summed E-state index contributed by atoms with van der Waals surface area (Å²) in [4.78, 5) is 0. The second-order valence-electron chi connectivity index (χ2n) is 4.21. The topological polar surface area (TPSA) is 39.9 Å². The van der Waals surface area contributed by atoms with Crippen molar-refractivity contribution in [2.24, 2.45) is 0 Å². The maximum Gasteiger partial charge on any atom is 0.168 e. The van der Waals surface area contributed by atoms with Crippen molar-refractivity contribution < 1.29 is 9.13 Å². The SMILES string of the molecule is COc1cc(-c2nncn2-c2ccccc2)ccc1F. The Balaban J connectivity index is 2.10. The zero-order chi connectivity index (χ0) is 13.9. The van der Waals surface area contributed by atoms with Gasteiger partial charge in [-0.3, -0.25) is 4.57 Å². The van der Waals surface area contributed by atoms with Crippen molar-refractivity contribution >= 4 is 0 Å². The maximum atomic E-state index is 13.5. The van der Waals surface area contributed by atoms with E-state index < -0.39 is 5.82 Å². The number of benzene rings is 2. The van der Waals surface area contributed by atoms with Crippen LogP contribution in [0.3, 0.4) is 0 Å². The summed E-state index contributed by atoms with van der Waals surface area (Å²) in [6.45, 7) is 0. The van der Waals surface area contributed by atoms with E-state index in [9.17, 15) is 4.39 Å². The van der Waals surface area contributed by atoms with Gasteiger partial charge in [-0.1, -0.05) is 18.2 Å². The minimum Gasteiger partial charge on any atom is -0.494 e. The number of methoxy groups -OCH3 is 1. The van der Waals surface area contributed by atoms with E-state index in [0.29, 0.717) is 5.82 Å². The largest absolute Gasteiger partial charge is 0.494 e. The quantitative estimate of drug-likeness (QED) is 0.733. The monoisotopic (exact) mass is 269 g/mol. The summed E-state index contributed by atoms with van der Waals surface area (Å²) in [5, 5.41) is 8.03. The Morgan fingerprint density at radius 2 is 1.90 bits per heavy atom. The first-order valence-corrected chi connectivity index (χ1v) is 6.09. The van der Waals surface area contributed by atoms with E-state index >= 15 is 0 Å². The Labute approximate surface area is 115 Å². The molecule has 5 heteroatoms. The van der Waals surface area contributed by atoms with E-state index in [1.807, 2.05) is 34.9 Å². The molecule has 0 saturated heterocycles. The molecule has 0 bridgehead atoms. The van der Waals surface area contributed by atoms with Gasteiger partial charge in [0.1, 0.15) is 6.33 Å². The van der Waals surface area contributed by atoms with Crippen molar-refractivity contribution in [2.75, 3.05) is 7.11 Å². The summed E-state index contributed by atoms with van der Waals surface area (Å²) < 4.78 is 20.3. The summed E-state index contributed by atoms with van der Waals surface area (Å²) in [5.74, 6) is 0.418. The number of para-hydroxylation sites is 1. The Hall–Kier alpha value is -2.69. The highest BCUT2D eigenvalue weighted by Gasteiger charge is 2.11. The molecule has 0 unspecified atom stereocenters. The molecule has 0 aliphatic carbocycles. The van der Waals surface area contributed by atoms with Gasteiger partial charge in [-0.25, -0.2) is 4.39 Å². The van der Waals surface area contributed by atoms with Crippen LogP contribution in [0.15, 0.2) is 54.9 Å². The average Bonchev–Trinajstić information content (AvgIpc) is 2.98. The Bertz CT molecular complexity index is 725. The molecule has 3 rings (SSSR count). The predicted molar refractivity (Wildman–Crippen MR) is 73.3 cm³/mol. The molecular formula is C15H12FN3O. The first-order valence-electron chi connectivity index (χ1n) is 6.09. The molecule has 0 atom stereocenters. The van der Waals surface area contributed by atoms with Crippen molar-refractivity contribution in [1.29, 1.82) is 0 Å². The molecule has 0 aliphatic heterocycles. The minimum atomic E-state index is -0.401. The van der Waals surface area contributed by atoms with Gasteiger partial charge >= 0.3 is 0 Å². The summed E-state index contributed by atoms with van der Waals surface area (Å²) in [5.41, 5.74) is 1.68. The molecule has 1 aromatic heterocycles. The fourth-order valence-corrected chi connectivity index (χ4v) is 2.01. The number of halogens is 1.